The first-order valence-electron chi connectivity index (χ1n) is 13.0. The Bertz CT molecular complexity index is 545. The van der Waals surface area contributed by atoms with Crippen molar-refractivity contribution in [3.05, 3.63) is 0 Å². The van der Waals surface area contributed by atoms with Crippen LogP contribution >= 0.6 is 0 Å². The van der Waals surface area contributed by atoms with Crippen molar-refractivity contribution in [2.24, 2.45) is 0 Å². The van der Waals surface area contributed by atoms with E-state index < -0.39 is 11.7 Å². The van der Waals surface area contributed by atoms with E-state index in [-0.39, 0.29) is 12.6 Å². The summed E-state index contributed by atoms with van der Waals surface area (Å²) in [6.07, 6.45) is -0.454. The number of nitrogens with one attached hydrogen (secondary N) is 1. The minimum Gasteiger partial charge on any atom is -0.463 e. The Kier molecular flexibility index (Phi) is 25.9. The zero-order chi connectivity index (χ0) is 28.2. The van der Waals surface area contributed by atoms with Crippen LogP contribution in [0.15, 0.2) is 0 Å². The highest BCUT2D eigenvalue weighted by Crippen LogP contribution is 2.06. The molecule has 0 aliphatic carbocycles. The maximum absolute atomic E-state index is 11.5. The van der Waals surface area contributed by atoms with Crippen molar-refractivity contribution in [2.75, 3.05) is 119 Å². The molecule has 0 spiro atoms. The lowest BCUT2D eigenvalue weighted by atomic mass is 10.2. The van der Waals surface area contributed by atoms with Gasteiger partial charge < -0.3 is 52.7 Å². The normalized spacial score (nSPS) is 11.5. The zero-order valence-electron chi connectivity index (χ0n) is 23.6. The zero-order valence-corrected chi connectivity index (χ0v) is 23.6. The van der Waals surface area contributed by atoms with E-state index in [1.54, 1.807) is 0 Å². The second-order valence-corrected chi connectivity index (χ2v) is 8.67. The van der Waals surface area contributed by atoms with Gasteiger partial charge in [-0.3, -0.25) is 4.79 Å². The molecule has 0 aromatic heterocycles. The predicted molar refractivity (Wildman–Crippen MR) is 137 cm³/mol. The van der Waals surface area contributed by atoms with Crippen molar-refractivity contribution < 1.29 is 57.0 Å². The van der Waals surface area contributed by atoms with E-state index in [0.717, 1.165) is 0 Å². The van der Waals surface area contributed by atoms with Crippen LogP contribution in [0.25, 0.3) is 0 Å². The molecule has 226 valence electrons. The lowest BCUT2D eigenvalue weighted by Gasteiger charge is -2.19. The molecule has 1 N–H and O–H groups in total. The Morgan fingerprint density at radius 1 is 0.500 bits per heavy atom. The van der Waals surface area contributed by atoms with Crippen LogP contribution in [0.1, 0.15) is 27.7 Å². The lowest BCUT2D eigenvalue weighted by Crippen LogP contribution is -2.34. The number of carbonyl (C=O) groups excluding carboxylic acids is 2. The van der Waals surface area contributed by atoms with Gasteiger partial charge in [0.1, 0.15) is 12.2 Å². The number of amides is 1. The van der Waals surface area contributed by atoms with E-state index in [0.29, 0.717) is 112 Å². The fraction of sp³-hybridized carbons (Fsp3) is 0.920. The summed E-state index contributed by atoms with van der Waals surface area (Å²) in [5, 5.41) is 2.62. The summed E-state index contributed by atoms with van der Waals surface area (Å²) >= 11 is 0. The van der Waals surface area contributed by atoms with E-state index in [1.807, 2.05) is 20.8 Å². The molecular formula is C25H49NO12. The first-order valence-corrected chi connectivity index (χ1v) is 13.0. The van der Waals surface area contributed by atoms with Crippen molar-refractivity contribution in [1.29, 1.82) is 0 Å². The van der Waals surface area contributed by atoms with Crippen LogP contribution in [-0.2, 0) is 52.2 Å². The quantitative estimate of drug-likeness (QED) is 0.115. The van der Waals surface area contributed by atoms with E-state index in [4.69, 9.17) is 47.4 Å². The topological polar surface area (TPSA) is 138 Å². The summed E-state index contributed by atoms with van der Waals surface area (Å²) in [5.41, 5.74) is -0.511. The molecule has 1 amide bonds. The molecule has 38 heavy (non-hydrogen) atoms. The SMILES string of the molecule is CC(=O)OCCOCCOCCOCCOCCOCCOCCOCCOCCNC(=O)OC(C)(C)C. The Balaban J connectivity index is 3.11. The molecule has 0 aliphatic heterocycles. The maximum Gasteiger partial charge on any atom is 0.407 e. The predicted octanol–water partition coefficient (Wildman–Crippen LogP) is 1.21. The number of rotatable bonds is 27. The standard InChI is InChI=1S/C25H49NO12/c1-23(27)37-22-21-36-20-19-35-18-17-34-16-15-33-14-13-32-12-11-31-10-9-30-8-7-29-6-5-26-24(28)38-25(2,3)4/h5-22H2,1-4H3,(H,26,28). The average Bonchev–Trinajstić information content (AvgIpc) is 2.84. The highest BCUT2D eigenvalue weighted by atomic mass is 16.6. The van der Waals surface area contributed by atoms with E-state index in [9.17, 15) is 9.59 Å². The number of carbonyl (C=O) groups is 2. The van der Waals surface area contributed by atoms with Crippen molar-refractivity contribution in [3.8, 4) is 0 Å². The van der Waals surface area contributed by atoms with Crippen molar-refractivity contribution in [1.82, 2.24) is 5.32 Å². The second-order valence-electron chi connectivity index (χ2n) is 8.67. The maximum atomic E-state index is 11.5. The van der Waals surface area contributed by atoms with Crippen LogP contribution in [0.3, 0.4) is 0 Å². The molecule has 0 saturated heterocycles. The smallest absolute Gasteiger partial charge is 0.407 e. The highest BCUT2D eigenvalue weighted by Gasteiger charge is 2.15. The molecule has 0 aliphatic rings. The van der Waals surface area contributed by atoms with Gasteiger partial charge in [-0.25, -0.2) is 4.79 Å². The largest absolute Gasteiger partial charge is 0.463 e. The van der Waals surface area contributed by atoms with Crippen LogP contribution in [0.4, 0.5) is 4.79 Å². The number of alkyl carbamates (subject to hydrolysis) is 1. The lowest BCUT2D eigenvalue weighted by molar-refractivity contribution is -0.142. The van der Waals surface area contributed by atoms with Crippen LogP contribution in [0.2, 0.25) is 0 Å². The Morgan fingerprint density at radius 2 is 0.789 bits per heavy atom. The number of hydrogen-bond acceptors (Lipinski definition) is 12. The van der Waals surface area contributed by atoms with Gasteiger partial charge in [-0.2, -0.15) is 0 Å². The average molecular weight is 556 g/mol. The van der Waals surface area contributed by atoms with Gasteiger partial charge in [0.25, 0.3) is 0 Å². The summed E-state index contributed by atoms with van der Waals surface area (Å²) in [7, 11) is 0. The van der Waals surface area contributed by atoms with Gasteiger partial charge in [-0.05, 0) is 20.8 Å². The van der Waals surface area contributed by atoms with Gasteiger partial charge in [0, 0.05) is 13.5 Å². The van der Waals surface area contributed by atoms with Gasteiger partial charge in [0.05, 0.1) is 106 Å². The number of ether oxygens (including phenoxy) is 10. The Labute approximate surface area is 227 Å². The van der Waals surface area contributed by atoms with E-state index >= 15 is 0 Å². The summed E-state index contributed by atoms with van der Waals surface area (Å²) in [6, 6.07) is 0. The van der Waals surface area contributed by atoms with Crippen LogP contribution in [0, 0.1) is 0 Å². The van der Waals surface area contributed by atoms with Crippen LogP contribution < -0.4 is 5.32 Å². The van der Waals surface area contributed by atoms with E-state index in [2.05, 4.69) is 5.32 Å². The van der Waals surface area contributed by atoms with Crippen LogP contribution in [0.5, 0.6) is 0 Å². The minimum atomic E-state index is -0.511. The molecule has 0 saturated carbocycles. The summed E-state index contributed by atoms with van der Waals surface area (Å²) in [4.78, 5) is 22.0. The van der Waals surface area contributed by atoms with Crippen molar-refractivity contribution >= 4 is 12.1 Å². The third-order valence-electron chi connectivity index (χ3n) is 4.05. The highest BCUT2D eigenvalue weighted by molar-refractivity contribution is 5.67. The Morgan fingerprint density at radius 3 is 1.08 bits per heavy atom. The number of esters is 1. The fourth-order valence-corrected chi connectivity index (χ4v) is 2.43. The second kappa shape index (κ2) is 27.0. The first-order chi connectivity index (χ1) is 18.3. The van der Waals surface area contributed by atoms with Crippen molar-refractivity contribution in [3.63, 3.8) is 0 Å². The molecule has 0 aromatic rings. The van der Waals surface area contributed by atoms with Gasteiger partial charge >= 0.3 is 12.1 Å². The molecule has 0 atom stereocenters. The molecule has 0 radical (unpaired) electrons. The monoisotopic (exact) mass is 555 g/mol. The third kappa shape index (κ3) is 32.4. The van der Waals surface area contributed by atoms with Crippen LogP contribution in [-0.4, -0.2) is 137 Å². The van der Waals surface area contributed by atoms with Gasteiger partial charge in [-0.15, -0.1) is 0 Å². The van der Waals surface area contributed by atoms with E-state index in [1.165, 1.54) is 6.92 Å². The Hall–Kier alpha value is -1.58. The molecule has 0 fully saturated rings. The minimum absolute atomic E-state index is 0.255. The first kappa shape index (κ1) is 36.4. The molecule has 0 aromatic carbocycles. The van der Waals surface area contributed by atoms with Gasteiger partial charge in [-0.1, -0.05) is 0 Å². The molecule has 13 nitrogen and oxygen atoms in total. The van der Waals surface area contributed by atoms with Gasteiger partial charge in [0.2, 0.25) is 0 Å². The molecule has 0 heterocycles. The molecule has 0 unspecified atom stereocenters. The molecule has 0 rings (SSSR count). The van der Waals surface area contributed by atoms with Crippen molar-refractivity contribution in [2.45, 2.75) is 33.3 Å². The fourth-order valence-electron chi connectivity index (χ4n) is 2.43. The summed E-state index contributed by atoms with van der Waals surface area (Å²) < 4.78 is 52.9. The summed E-state index contributed by atoms with van der Waals surface area (Å²) in [6.45, 7) is 14.8. The summed E-state index contributed by atoms with van der Waals surface area (Å²) in [5.74, 6) is -0.314. The molecule has 13 heteroatoms. The molecule has 0 bridgehead atoms. The number of hydrogen-bond donors (Lipinski definition) is 1. The van der Waals surface area contributed by atoms with Gasteiger partial charge in [0.15, 0.2) is 0 Å². The third-order valence-corrected chi connectivity index (χ3v) is 4.05. The molecular weight excluding hydrogens is 506 g/mol.